The summed E-state index contributed by atoms with van der Waals surface area (Å²) in [5.74, 6) is -0.193. The maximum Gasteiger partial charge on any atom is 0.292 e. The number of para-hydroxylation sites is 1. The first-order valence-corrected chi connectivity index (χ1v) is 6.51. The topological polar surface area (TPSA) is 89.5 Å². The van der Waals surface area contributed by atoms with Gasteiger partial charge in [-0.3, -0.25) is 14.9 Å². The van der Waals surface area contributed by atoms with Crippen molar-refractivity contribution in [2.24, 2.45) is 0 Å². The molecular weight excluding hydrogens is 270 g/mol. The van der Waals surface area contributed by atoms with Gasteiger partial charge in [-0.25, -0.2) is 0 Å². The molecule has 1 heterocycles. The number of carbonyl (C=O) groups is 1. The van der Waals surface area contributed by atoms with E-state index in [0.717, 1.165) is 17.7 Å². The van der Waals surface area contributed by atoms with Gasteiger partial charge in [-0.1, -0.05) is 18.2 Å². The number of nitrogens with zero attached hydrogens (tertiary/aromatic N) is 2. The minimum absolute atomic E-state index is 0.00154. The summed E-state index contributed by atoms with van der Waals surface area (Å²) >= 11 is 0. The number of rotatable bonds is 2. The molecule has 0 bridgehead atoms. The molecule has 2 aromatic rings. The van der Waals surface area contributed by atoms with Crippen molar-refractivity contribution in [2.75, 3.05) is 17.2 Å². The van der Waals surface area contributed by atoms with Crippen molar-refractivity contribution in [3.63, 3.8) is 0 Å². The highest BCUT2D eigenvalue weighted by Crippen LogP contribution is 2.30. The second-order valence-electron chi connectivity index (χ2n) is 4.87. The van der Waals surface area contributed by atoms with Crippen LogP contribution in [0.2, 0.25) is 0 Å². The van der Waals surface area contributed by atoms with E-state index >= 15 is 0 Å². The zero-order valence-corrected chi connectivity index (χ0v) is 11.2. The number of hydrogen-bond donors (Lipinski definition) is 1. The first-order valence-electron chi connectivity index (χ1n) is 6.51. The van der Waals surface area contributed by atoms with Gasteiger partial charge in [-0.2, -0.15) is 0 Å². The van der Waals surface area contributed by atoms with Crippen molar-refractivity contribution in [3.05, 3.63) is 63.7 Å². The van der Waals surface area contributed by atoms with E-state index in [1.807, 2.05) is 24.3 Å². The van der Waals surface area contributed by atoms with Crippen molar-refractivity contribution in [2.45, 2.75) is 6.42 Å². The number of hydrogen-bond acceptors (Lipinski definition) is 4. The number of nitrogens with two attached hydrogens (primary N) is 1. The largest absolute Gasteiger partial charge is 0.393 e. The maximum atomic E-state index is 12.5. The molecule has 2 aromatic carbocycles. The lowest BCUT2D eigenvalue weighted by Crippen LogP contribution is -2.28. The van der Waals surface area contributed by atoms with Crippen molar-refractivity contribution in [3.8, 4) is 0 Å². The van der Waals surface area contributed by atoms with E-state index in [9.17, 15) is 14.9 Å². The molecule has 0 radical (unpaired) electrons. The van der Waals surface area contributed by atoms with Crippen LogP contribution in [-0.2, 0) is 6.42 Å². The van der Waals surface area contributed by atoms with E-state index in [0.29, 0.717) is 12.1 Å². The van der Waals surface area contributed by atoms with Crippen molar-refractivity contribution < 1.29 is 9.72 Å². The molecule has 0 fully saturated rings. The summed E-state index contributed by atoms with van der Waals surface area (Å²) in [5, 5.41) is 10.8. The Bertz CT molecular complexity index is 743. The number of anilines is 2. The van der Waals surface area contributed by atoms with Gasteiger partial charge >= 0.3 is 0 Å². The third-order valence-corrected chi connectivity index (χ3v) is 3.60. The molecule has 6 heteroatoms. The molecule has 3 rings (SSSR count). The van der Waals surface area contributed by atoms with Crippen LogP contribution in [0, 0.1) is 10.1 Å². The molecule has 0 saturated heterocycles. The average molecular weight is 283 g/mol. The molecule has 1 amide bonds. The molecular formula is C15H13N3O3. The minimum atomic E-state index is -0.561. The Hall–Kier alpha value is -2.89. The Balaban J connectivity index is 1.94. The normalized spacial score (nSPS) is 13.0. The van der Waals surface area contributed by atoms with E-state index in [4.69, 9.17) is 5.73 Å². The summed E-state index contributed by atoms with van der Waals surface area (Å²) < 4.78 is 0. The molecule has 1 aliphatic rings. The summed E-state index contributed by atoms with van der Waals surface area (Å²) in [6, 6.07) is 11.8. The second-order valence-corrected chi connectivity index (χ2v) is 4.87. The maximum absolute atomic E-state index is 12.5. The zero-order chi connectivity index (χ0) is 15.0. The number of benzene rings is 2. The number of nitrogen functional groups attached to an aromatic ring is 1. The highest BCUT2D eigenvalue weighted by molar-refractivity contribution is 6.08. The van der Waals surface area contributed by atoms with Gasteiger partial charge < -0.3 is 10.6 Å². The van der Waals surface area contributed by atoms with Gasteiger partial charge in [-0.05, 0) is 30.2 Å². The number of fused-ring (bicyclic) bond motifs is 1. The van der Waals surface area contributed by atoms with Gasteiger partial charge in [-0.15, -0.1) is 0 Å². The van der Waals surface area contributed by atoms with Crippen LogP contribution in [0.25, 0.3) is 0 Å². The van der Waals surface area contributed by atoms with Crippen LogP contribution in [0.15, 0.2) is 42.5 Å². The summed E-state index contributed by atoms with van der Waals surface area (Å²) in [6.45, 7) is 0.606. The number of carbonyl (C=O) groups excluding carboxylic acids is 1. The van der Waals surface area contributed by atoms with E-state index < -0.39 is 4.92 Å². The Kier molecular flexibility index (Phi) is 3.06. The molecule has 106 valence electrons. The van der Waals surface area contributed by atoms with Crippen LogP contribution < -0.4 is 10.6 Å². The Morgan fingerprint density at radius 1 is 1.24 bits per heavy atom. The van der Waals surface area contributed by atoms with Gasteiger partial charge in [0.1, 0.15) is 5.69 Å². The summed E-state index contributed by atoms with van der Waals surface area (Å²) in [5.41, 5.74) is 7.82. The van der Waals surface area contributed by atoms with Gasteiger partial charge in [0.05, 0.1) is 4.92 Å². The van der Waals surface area contributed by atoms with Crippen molar-refractivity contribution >= 4 is 23.0 Å². The third kappa shape index (κ3) is 2.20. The van der Waals surface area contributed by atoms with E-state index in [1.54, 1.807) is 4.90 Å². The first kappa shape index (κ1) is 13.1. The number of nitro benzene ring substituents is 1. The quantitative estimate of drug-likeness (QED) is 0.520. The first-order chi connectivity index (χ1) is 10.1. The molecule has 2 N–H and O–H groups in total. The molecule has 21 heavy (non-hydrogen) atoms. The van der Waals surface area contributed by atoms with Crippen LogP contribution >= 0.6 is 0 Å². The predicted molar refractivity (Wildman–Crippen MR) is 79.3 cm³/mol. The summed E-state index contributed by atoms with van der Waals surface area (Å²) in [7, 11) is 0. The van der Waals surface area contributed by atoms with Gasteiger partial charge in [0.25, 0.3) is 11.6 Å². The lowest BCUT2D eigenvalue weighted by Gasteiger charge is -2.17. The molecule has 0 spiro atoms. The standard InChI is InChI=1S/C15H13N3O3/c16-12-9-11(5-6-14(12)18(20)21)15(19)17-8-7-10-3-1-2-4-13(10)17/h1-6,9H,7-8,16H2. The lowest BCUT2D eigenvalue weighted by atomic mass is 10.1. The molecule has 0 saturated carbocycles. The van der Waals surface area contributed by atoms with Gasteiger partial charge in [0, 0.05) is 23.9 Å². The molecule has 0 atom stereocenters. The molecule has 0 aliphatic carbocycles. The number of amides is 1. The SMILES string of the molecule is Nc1cc(C(=O)N2CCc3ccccc32)ccc1[N+](=O)[O-]. The monoisotopic (exact) mass is 283 g/mol. The Morgan fingerprint density at radius 2 is 2.00 bits per heavy atom. The second kappa shape index (κ2) is 4.90. The Labute approximate surface area is 120 Å². The minimum Gasteiger partial charge on any atom is -0.393 e. The summed E-state index contributed by atoms with van der Waals surface area (Å²) in [4.78, 5) is 24.4. The summed E-state index contributed by atoms with van der Waals surface area (Å²) in [6.07, 6.45) is 0.810. The fourth-order valence-electron chi connectivity index (χ4n) is 2.56. The lowest BCUT2D eigenvalue weighted by molar-refractivity contribution is -0.383. The van der Waals surface area contributed by atoms with Crippen LogP contribution in [-0.4, -0.2) is 17.4 Å². The van der Waals surface area contributed by atoms with E-state index in [-0.39, 0.29) is 17.3 Å². The third-order valence-electron chi connectivity index (χ3n) is 3.60. The van der Waals surface area contributed by atoms with E-state index in [2.05, 4.69) is 0 Å². The van der Waals surface area contributed by atoms with Crippen molar-refractivity contribution in [1.29, 1.82) is 0 Å². The fourth-order valence-corrected chi connectivity index (χ4v) is 2.56. The molecule has 0 aromatic heterocycles. The highest BCUT2D eigenvalue weighted by Gasteiger charge is 2.26. The van der Waals surface area contributed by atoms with Gasteiger partial charge in [0.15, 0.2) is 0 Å². The van der Waals surface area contributed by atoms with Crippen LogP contribution in [0.4, 0.5) is 17.1 Å². The highest BCUT2D eigenvalue weighted by atomic mass is 16.6. The average Bonchev–Trinajstić information content (AvgIpc) is 2.90. The predicted octanol–water partition coefficient (Wildman–Crippen LogP) is 2.38. The molecule has 0 unspecified atom stereocenters. The van der Waals surface area contributed by atoms with Crippen LogP contribution in [0.5, 0.6) is 0 Å². The molecule has 1 aliphatic heterocycles. The fraction of sp³-hybridized carbons (Fsp3) is 0.133. The van der Waals surface area contributed by atoms with Crippen LogP contribution in [0.1, 0.15) is 15.9 Å². The molecule has 6 nitrogen and oxygen atoms in total. The van der Waals surface area contributed by atoms with Crippen molar-refractivity contribution in [1.82, 2.24) is 0 Å². The smallest absolute Gasteiger partial charge is 0.292 e. The zero-order valence-electron chi connectivity index (χ0n) is 11.2. The Morgan fingerprint density at radius 3 is 2.71 bits per heavy atom. The van der Waals surface area contributed by atoms with E-state index in [1.165, 1.54) is 18.2 Å². The van der Waals surface area contributed by atoms with Crippen LogP contribution in [0.3, 0.4) is 0 Å². The number of nitro groups is 1. The van der Waals surface area contributed by atoms with Gasteiger partial charge in [0.2, 0.25) is 0 Å².